The van der Waals surface area contributed by atoms with Crippen LogP contribution < -0.4 is 0 Å². The molecule has 0 saturated heterocycles. The van der Waals surface area contributed by atoms with Gasteiger partial charge in [-0.3, -0.25) is 0 Å². The summed E-state index contributed by atoms with van der Waals surface area (Å²) in [6.45, 7) is 4.30. The minimum atomic E-state index is -0.772. The average Bonchev–Trinajstić information content (AvgIpc) is 2.89. The topological polar surface area (TPSA) is 0 Å². The van der Waals surface area contributed by atoms with Crippen LogP contribution in [0.15, 0.2) is 54.6 Å². The Bertz CT molecular complexity index is 1150. The molecule has 1 aliphatic carbocycles. The molecule has 1 saturated carbocycles. The highest BCUT2D eigenvalue weighted by Crippen LogP contribution is 2.38. The van der Waals surface area contributed by atoms with Crippen LogP contribution in [0.1, 0.15) is 87.0 Å². The minimum Gasteiger partial charge on any atom is -0.207 e. The smallest absolute Gasteiger partial charge is 0.166 e. The van der Waals surface area contributed by atoms with E-state index in [1.54, 1.807) is 30.4 Å². The summed E-state index contributed by atoms with van der Waals surface area (Å²) in [5.41, 5.74) is 4.14. The van der Waals surface area contributed by atoms with Gasteiger partial charge in [0.2, 0.25) is 0 Å². The highest BCUT2D eigenvalue weighted by Gasteiger charge is 2.25. The number of unbranched alkanes of at least 4 members (excludes halogenated alkanes) is 1. The maximum absolute atomic E-state index is 14.9. The highest BCUT2D eigenvalue weighted by molar-refractivity contribution is 5.72. The second-order valence-electron chi connectivity index (χ2n) is 9.86. The first kappa shape index (κ1) is 25.3. The van der Waals surface area contributed by atoms with Crippen molar-refractivity contribution in [3.8, 4) is 11.1 Å². The van der Waals surface area contributed by atoms with E-state index in [9.17, 15) is 13.2 Å². The number of rotatable bonds is 8. The van der Waals surface area contributed by atoms with Crippen LogP contribution in [0.4, 0.5) is 13.2 Å². The fraction of sp³-hybridized carbons (Fsp3) is 0.375. The Hall–Kier alpha value is -2.81. The Kier molecular flexibility index (Phi) is 8.49. The molecule has 0 atom stereocenters. The number of halogens is 3. The van der Waals surface area contributed by atoms with Gasteiger partial charge in [-0.2, -0.15) is 0 Å². The molecule has 3 aromatic carbocycles. The first-order valence-electron chi connectivity index (χ1n) is 13.0. The lowest BCUT2D eigenvalue weighted by molar-refractivity contribution is 0.312. The molecule has 35 heavy (non-hydrogen) atoms. The third-order valence-electron chi connectivity index (χ3n) is 7.56. The largest absolute Gasteiger partial charge is 0.207 e. The van der Waals surface area contributed by atoms with E-state index < -0.39 is 11.6 Å². The second kappa shape index (κ2) is 11.7. The fourth-order valence-electron chi connectivity index (χ4n) is 5.17. The van der Waals surface area contributed by atoms with Gasteiger partial charge in [0.15, 0.2) is 11.6 Å². The molecule has 3 heteroatoms. The maximum Gasteiger partial charge on any atom is 0.166 e. The Labute approximate surface area is 207 Å². The summed E-state index contributed by atoms with van der Waals surface area (Å²) in [5.74, 6) is -0.807. The molecule has 0 nitrogen and oxygen atoms in total. The first-order valence-corrected chi connectivity index (χ1v) is 13.0. The first-order chi connectivity index (χ1) is 17.0. The minimum absolute atomic E-state index is 0.114. The van der Waals surface area contributed by atoms with Crippen LogP contribution in [0.3, 0.4) is 0 Å². The van der Waals surface area contributed by atoms with Gasteiger partial charge < -0.3 is 0 Å². The van der Waals surface area contributed by atoms with Crippen LogP contribution in [0, 0.1) is 23.4 Å². The molecular formula is C32H35F3. The third kappa shape index (κ3) is 6.07. The molecule has 0 radical (unpaired) electrons. The molecule has 1 fully saturated rings. The number of aryl methyl sites for hydroxylation is 1. The Morgan fingerprint density at radius 1 is 0.771 bits per heavy atom. The Morgan fingerprint density at radius 2 is 1.49 bits per heavy atom. The van der Waals surface area contributed by atoms with Crippen LogP contribution in [-0.4, -0.2) is 0 Å². The predicted octanol–water partition coefficient (Wildman–Crippen LogP) is 9.97. The zero-order valence-electron chi connectivity index (χ0n) is 20.8. The zero-order valence-corrected chi connectivity index (χ0v) is 20.8. The third-order valence-corrected chi connectivity index (χ3v) is 7.56. The summed E-state index contributed by atoms with van der Waals surface area (Å²) in [6.07, 6.45) is 11.4. The van der Waals surface area contributed by atoms with Gasteiger partial charge in [-0.25, -0.2) is 13.2 Å². The molecular weight excluding hydrogens is 441 g/mol. The molecule has 1 aliphatic rings. The van der Waals surface area contributed by atoms with E-state index in [1.807, 2.05) is 36.4 Å². The predicted molar refractivity (Wildman–Crippen MR) is 141 cm³/mol. The van der Waals surface area contributed by atoms with Gasteiger partial charge in [0, 0.05) is 5.56 Å². The summed E-state index contributed by atoms with van der Waals surface area (Å²) in [6, 6.07) is 16.5. The quantitative estimate of drug-likeness (QED) is 0.284. The van der Waals surface area contributed by atoms with Crippen molar-refractivity contribution >= 4 is 12.2 Å². The normalized spacial score (nSPS) is 18.3. The number of hydrogen-bond donors (Lipinski definition) is 0. The maximum atomic E-state index is 14.9. The van der Waals surface area contributed by atoms with Crippen LogP contribution in [-0.2, 0) is 6.42 Å². The van der Waals surface area contributed by atoms with E-state index >= 15 is 0 Å². The standard InChI is InChI=1S/C32H35F3/c1-3-5-6-26-17-18-28(21-30(26)33)24-12-9-23(10-13-24)11-16-27-19-20-29(32(35)31(27)34)25-14-7-22(4-2)8-15-25/h9-13,16-22,25H,3-8,14-15H2,1-2H3. The van der Waals surface area contributed by atoms with Crippen LogP contribution >= 0.6 is 0 Å². The summed E-state index contributed by atoms with van der Waals surface area (Å²) in [4.78, 5) is 0. The lowest BCUT2D eigenvalue weighted by Crippen LogP contribution is -2.14. The molecule has 184 valence electrons. The van der Waals surface area contributed by atoms with Crippen LogP contribution in [0.2, 0.25) is 0 Å². The van der Waals surface area contributed by atoms with Gasteiger partial charge in [-0.1, -0.05) is 87.4 Å². The van der Waals surface area contributed by atoms with Crippen molar-refractivity contribution in [2.45, 2.75) is 71.1 Å². The van der Waals surface area contributed by atoms with Crippen LogP contribution in [0.25, 0.3) is 23.3 Å². The molecule has 3 aromatic rings. The van der Waals surface area contributed by atoms with Gasteiger partial charge in [-0.15, -0.1) is 0 Å². The zero-order chi connectivity index (χ0) is 24.8. The van der Waals surface area contributed by atoms with Gasteiger partial charge in [0.25, 0.3) is 0 Å². The molecule has 0 unspecified atom stereocenters. The van der Waals surface area contributed by atoms with Crippen molar-refractivity contribution in [1.29, 1.82) is 0 Å². The van der Waals surface area contributed by atoms with Gasteiger partial charge in [0.1, 0.15) is 5.82 Å². The van der Waals surface area contributed by atoms with E-state index in [0.717, 1.165) is 79.5 Å². The summed E-state index contributed by atoms with van der Waals surface area (Å²) >= 11 is 0. The molecule has 4 rings (SSSR count). The van der Waals surface area contributed by atoms with Gasteiger partial charge >= 0.3 is 0 Å². The van der Waals surface area contributed by atoms with Crippen molar-refractivity contribution in [3.63, 3.8) is 0 Å². The molecule has 0 N–H and O–H groups in total. The molecule has 0 amide bonds. The van der Waals surface area contributed by atoms with Crippen LogP contribution in [0.5, 0.6) is 0 Å². The summed E-state index contributed by atoms with van der Waals surface area (Å²) in [5, 5.41) is 0. The van der Waals surface area contributed by atoms with Gasteiger partial charge in [0.05, 0.1) is 0 Å². The number of benzene rings is 3. The second-order valence-corrected chi connectivity index (χ2v) is 9.86. The van der Waals surface area contributed by atoms with E-state index in [-0.39, 0.29) is 17.3 Å². The van der Waals surface area contributed by atoms with Crippen molar-refractivity contribution < 1.29 is 13.2 Å². The molecule has 0 aromatic heterocycles. The average molecular weight is 477 g/mol. The lowest BCUT2D eigenvalue weighted by atomic mass is 9.77. The lowest BCUT2D eigenvalue weighted by Gasteiger charge is -2.28. The SMILES string of the molecule is CCCCc1ccc(-c2ccc(C=Cc3ccc(C4CCC(CC)CC4)c(F)c3F)cc2)cc1F. The van der Waals surface area contributed by atoms with Crippen molar-refractivity contribution in [2.75, 3.05) is 0 Å². The van der Waals surface area contributed by atoms with Crippen molar-refractivity contribution in [3.05, 3.63) is 94.3 Å². The highest BCUT2D eigenvalue weighted by atomic mass is 19.2. The molecule has 0 spiro atoms. The van der Waals surface area contributed by atoms with E-state index in [0.29, 0.717) is 5.56 Å². The molecule has 0 heterocycles. The fourth-order valence-corrected chi connectivity index (χ4v) is 5.17. The van der Waals surface area contributed by atoms with Gasteiger partial charge in [-0.05, 0) is 84.2 Å². The molecule has 0 aliphatic heterocycles. The van der Waals surface area contributed by atoms with Crippen molar-refractivity contribution in [1.82, 2.24) is 0 Å². The van der Waals surface area contributed by atoms with E-state index in [4.69, 9.17) is 0 Å². The van der Waals surface area contributed by atoms with E-state index in [2.05, 4.69) is 13.8 Å². The van der Waals surface area contributed by atoms with Crippen molar-refractivity contribution in [2.24, 2.45) is 5.92 Å². The Balaban J connectivity index is 1.45. The monoisotopic (exact) mass is 476 g/mol. The molecule has 0 bridgehead atoms. The van der Waals surface area contributed by atoms with E-state index in [1.165, 1.54) is 0 Å². The summed E-state index contributed by atoms with van der Waals surface area (Å²) in [7, 11) is 0. The Morgan fingerprint density at radius 3 is 2.14 bits per heavy atom. The summed E-state index contributed by atoms with van der Waals surface area (Å²) < 4.78 is 44.1. The number of hydrogen-bond acceptors (Lipinski definition) is 0.